The van der Waals surface area contributed by atoms with Crippen molar-refractivity contribution >= 4 is 11.8 Å². The molecule has 0 aromatic heterocycles. The number of hydrogen-bond acceptors (Lipinski definition) is 3. The molecular formula is C13H19NOS. The third-order valence-electron chi connectivity index (χ3n) is 3.22. The predicted octanol–water partition coefficient (Wildman–Crippen LogP) is 2.02. The average Bonchev–Trinajstić information content (AvgIpc) is 2.69. The van der Waals surface area contributed by atoms with E-state index in [0.717, 1.165) is 13.0 Å². The average molecular weight is 237 g/mol. The molecule has 0 amide bonds. The molecule has 0 saturated carbocycles. The van der Waals surface area contributed by atoms with E-state index in [4.69, 9.17) is 5.11 Å². The molecule has 0 radical (unpaired) electrons. The molecule has 1 aliphatic heterocycles. The van der Waals surface area contributed by atoms with E-state index in [1.165, 1.54) is 10.5 Å². The van der Waals surface area contributed by atoms with E-state index >= 15 is 0 Å². The van der Waals surface area contributed by atoms with Crippen LogP contribution < -0.4 is 0 Å². The topological polar surface area (TPSA) is 23.5 Å². The van der Waals surface area contributed by atoms with Crippen LogP contribution in [0.3, 0.4) is 0 Å². The monoisotopic (exact) mass is 237 g/mol. The van der Waals surface area contributed by atoms with Gasteiger partial charge >= 0.3 is 0 Å². The molecule has 2 rings (SSSR count). The molecule has 2 nitrogen and oxygen atoms in total. The molecule has 2 atom stereocenters. The van der Waals surface area contributed by atoms with Crippen molar-refractivity contribution in [2.75, 3.05) is 20.2 Å². The number of thioether (sulfide) groups is 1. The summed E-state index contributed by atoms with van der Waals surface area (Å²) in [5, 5.41) is 9.74. The van der Waals surface area contributed by atoms with E-state index in [1.54, 1.807) is 0 Å². The van der Waals surface area contributed by atoms with Gasteiger partial charge in [0.05, 0.1) is 6.61 Å². The van der Waals surface area contributed by atoms with Crippen molar-refractivity contribution in [1.82, 2.24) is 4.90 Å². The van der Waals surface area contributed by atoms with E-state index in [0.29, 0.717) is 5.25 Å². The van der Waals surface area contributed by atoms with Gasteiger partial charge in [0.15, 0.2) is 0 Å². The Morgan fingerprint density at radius 3 is 2.94 bits per heavy atom. The summed E-state index contributed by atoms with van der Waals surface area (Å²) < 4.78 is 0. The molecule has 88 valence electrons. The van der Waals surface area contributed by atoms with E-state index < -0.39 is 0 Å². The van der Waals surface area contributed by atoms with Crippen LogP contribution in [0.5, 0.6) is 0 Å². The summed E-state index contributed by atoms with van der Waals surface area (Å²) in [7, 11) is 2.09. The Labute approximate surface area is 102 Å². The van der Waals surface area contributed by atoms with Gasteiger partial charge in [0, 0.05) is 22.7 Å². The standard InChI is InChI=1S/C13H19NOS/c1-10(9-15)14(2)8-12-7-11-5-3-4-6-13(11)16-12/h3-6,10,12,15H,7-9H2,1-2H3. The second-order valence-corrected chi connectivity index (χ2v) is 5.87. The molecule has 1 N–H and O–H groups in total. The summed E-state index contributed by atoms with van der Waals surface area (Å²) in [5.74, 6) is 0. The highest BCUT2D eigenvalue weighted by atomic mass is 32.2. The van der Waals surface area contributed by atoms with Gasteiger partial charge in [-0.05, 0) is 32.0 Å². The molecule has 1 aliphatic rings. The third kappa shape index (κ3) is 2.59. The lowest BCUT2D eigenvalue weighted by atomic mass is 10.1. The van der Waals surface area contributed by atoms with Crippen LogP contribution in [-0.2, 0) is 6.42 Å². The molecule has 16 heavy (non-hydrogen) atoms. The van der Waals surface area contributed by atoms with Gasteiger partial charge in [-0.15, -0.1) is 11.8 Å². The summed E-state index contributed by atoms with van der Waals surface area (Å²) in [6, 6.07) is 8.90. The van der Waals surface area contributed by atoms with E-state index in [2.05, 4.69) is 43.1 Å². The number of fused-ring (bicyclic) bond motifs is 1. The van der Waals surface area contributed by atoms with E-state index in [1.807, 2.05) is 11.8 Å². The van der Waals surface area contributed by atoms with Crippen LogP contribution in [-0.4, -0.2) is 41.5 Å². The van der Waals surface area contributed by atoms with Crippen molar-refractivity contribution in [3.8, 4) is 0 Å². The molecule has 0 aliphatic carbocycles. The Kier molecular flexibility index (Phi) is 3.90. The van der Waals surface area contributed by atoms with Gasteiger partial charge in [-0.25, -0.2) is 0 Å². The number of nitrogens with zero attached hydrogens (tertiary/aromatic N) is 1. The maximum Gasteiger partial charge on any atom is 0.0584 e. The number of hydrogen-bond donors (Lipinski definition) is 1. The van der Waals surface area contributed by atoms with Crippen molar-refractivity contribution in [3.05, 3.63) is 29.8 Å². The first-order chi connectivity index (χ1) is 7.70. The fourth-order valence-electron chi connectivity index (χ4n) is 2.00. The first-order valence-electron chi connectivity index (χ1n) is 5.76. The first-order valence-corrected chi connectivity index (χ1v) is 6.64. The maximum absolute atomic E-state index is 9.10. The highest BCUT2D eigenvalue weighted by Crippen LogP contribution is 2.36. The predicted molar refractivity (Wildman–Crippen MR) is 69.0 cm³/mol. The number of rotatable bonds is 4. The molecule has 3 heteroatoms. The molecule has 1 aromatic rings. The Morgan fingerprint density at radius 2 is 2.25 bits per heavy atom. The zero-order chi connectivity index (χ0) is 11.5. The highest BCUT2D eigenvalue weighted by Gasteiger charge is 2.23. The maximum atomic E-state index is 9.10. The second-order valence-electron chi connectivity index (χ2n) is 4.52. The summed E-state index contributed by atoms with van der Waals surface area (Å²) in [6.45, 7) is 3.34. The third-order valence-corrected chi connectivity index (χ3v) is 4.52. The molecule has 0 spiro atoms. The van der Waals surface area contributed by atoms with Crippen molar-refractivity contribution in [3.63, 3.8) is 0 Å². The summed E-state index contributed by atoms with van der Waals surface area (Å²) in [5.41, 5.74) is 1.47. The van der Waals surface area contributed by atoms with Crippen molar-refractivity contribution in [2.24, 2.45) is 0 Å². The minimum absolute atomic E-state index is 0.237. The molecule has 0 saturated heterocycles. The highest BCUT2D eigenvalue weighted by molar-refractivity contribution is 8.00. The van der Waals surface area contributed by atoms with Crippen LogP contribution in [0, 0.1) is 0 Å². The van der Waals surface area contributed by atoms with Gasteiger partial charge in [-0.3, -0.25) is 0 Å². The van der Waals surface area contributed by atoms with Gasteiger partial charge in [0.25, 0.3) is 0 Å². The lowest BCUT2D eigenvalue weighted by Crippen LogP contribution is -2.36. The summed E-state index contributed by atoms with van der Waals surface area (Å²) in [4.78, 5) is 3.67. The number of aliphatic hydroxyl groups is 1. The van der Waals surface area contributed by atoms with Crippen LogP contribution in [0.4, 0.5) is 0 Å². The van der Waals surface area contributed by atoms with E-state index in [-0.39, 0.29) is 12.6 Å². The van der Waals surface area contributed by atoms with Crippen LogP contribution in [0.1, 0.15) is 12.5 Å². The Balaban J connectivity index is 1.92. The minimum Gasteiger partial charge on any atom is -0.395 e. The van der Waals surface area contributed by atoms with Crippen molar-refractivity contribution in [1.29, 1.82) is 0 Å². The largest absolute Gasteiger partial charge is 0.395 e. The zero-order valence-corrected chi connectivity index (χ0v) is 10.7. The first kappa shape index (κ1) is 12.0. The van der Waals surface area contributed by atoms with Gasteiger partial charge in [-0.2, -0.15) is 0 Å². The van der Waals surface area contributed by atoms with Crippen LogP contribution in [0.2, 0.25) is 0 Å². The Morgan fingerprint density at radius 1 is 1.50 bits per heavy atom. The molecule has 1 aromatic carbocycles. The van der Waals surface area contributed by atoms with E-state index in [9.17, 15) is 0 Å². The van der Waals surface area contributed by atoms with Gasteiger partial charge < -0.3 is 10.0 Å². The van der Waals surface area contributed by atoms with Crippen molar-refractivity contribution in [2.45, 2.75) is 29.5 Å². The lowest BCUT2D eigenvalue weighted by Gasteiger charge is -2.25. The Bertz CT molecular complexity index is 331. The van der Waals surface area contributed by atoms with Crippen molar-refractivity contribution < 1.29 is 5.11 Å². The van der Waals surface area contributed by atoms with Gasteiger partial charge in [0.1, 0.15) is 0 Å². The van der Waals surface area contributed by atoms with Crippen LogP contribution >= 0.6 is 11.8 Å². The van der Waals surface area contributed by atoms with Gasteiger partial charge in [0.2, 0.25) is 0 Å². The molecule has 0 bridgehead atoms. The molecule has 1 heterocycles. The minimum atomic E-state index is 0.237. The SMILES string of the molecule is CC(CO)N(C)CC1Cc2ccccc2S1. The fourth-order valence-corrected chi connectivity index (χ4v) is 3.39. The molecular weight excluding hydrogens is 218 g/mol. The second kappa shape index (κ2) is 5.21. The lowest BCUT2D eigenvalue weighted by molar-refractivity contribution is 0.160. The quantitative estimate of drug-likeness (QED) is 0.866. The summed E-state index contributed by atoms with van der Waals surface area (Å²) in [6.07, 6.45) is 1.16. The molecule has 2 unspecified atom stereocenters. The fraction of sp³-hybridized carbons (Fsp3) is 0.538. The van der Waals surface area contributed by atoms with Crippen LogP contribution in [0.25, 0.3) is 0 Å². The normalized spacial score (nSPS) is 21.1. The number of benzene rings is 1. The van der Waals surface area contributed by atoms with Gasteiger partial charge in [-0.1, -0.05) is 18.2 Å². The zero-order valence-electron chi connectivity index (χ0n) is 9.89. The Hall–Kier alpha value is -0.510. The number of aliphatic hydroxyl groups excluding tert-OH is 1. The summed E-state index contributed by atoms with van der Waals surface area (Å²) >= 11 is 1.97. The van der Waals surface area contributed by atoms with Crippen LogP contribution in [0.15, 0.2) is 29.2 Å². The molecule has 0 fully saturated rings. The smallest absolute Gasteiger partial charge is 0.0584 e. The number of likely N-dealkylation sites (N-methyl/N-ethyl adjacent to an activating group) is 1.